The van der Waals surface area contributed by atoms with Crippen molar-refractivity contribution in [1.29, 1.82) is 0 Å². The van der Waals surface area contributed by atoms with Gasteiger partial charge in [-0.15, -0.1) is 0 Å². The maximum absolute atomic E-state index is 12.3. The molecule has 32 heavy (non-hydrogen) atoms. The number of esters is 1. The monoisotopic (exact) mass is 452 g/mol. The lowest BCUT2D eigenvalue weighted by Gasteiger charge is -2.13. The van der Waals surface area contributed by atoms with Gasteiger partial charge in [0.15, 0.2) is 23.8 Å². The number of ether oxygens (including phenoxy) is 3. The van der Waals surface area contributed by atoms with Gasteiger partial charge in [-0.05, 0) is 19.4 Å². The Labute approximate surface area is 183 Å². The number of imidazole rings is 1. The van der Waals surface area contributed by atoms with E-state index >= 15 is 0 Å². The Morgan fingerprint density at radius 3 is 2.88 bits per heavy atom. The number of aromatic nitrogens is 4. The van der Waals surface area contributed by atoms with Crippen LogP contribution in [0.15, 0.2) is 12.7 Å². The van der Waals surface area contributed by atoms with Crippen molar-refractivity contribution in [3.63, 3.8) is 0 Å². The second kappa shape index (κ2) is 11.8. The third kappa shape index (κ3) is 6.17. The molecule has 0 spiro atoms. The summed E-state index contributed by atoms with van der Waals surface area (Å²) in [6.07, 6.45) is 2.36. The molecule has 1 unspecified atom stereocenters. The molecule has 1 fully saturated rings. The highest BCUT2D eigenvalue weighted by Crippen LogP contribution is 2.31. The van der Waals surface area contributed by atoms with Crippen LogP contribution < -0.4 is 11.1 Å². The quantitative estimate of drug-likeness (QED) is 0.184. The molecule has 1 aliphatic heterocycles. The van der Waals surface area contributed by atoms with Crippen molar-refractivity contribution in [3.8, 4) is 0 Å². The number of nitrogens with zero attached hydrogens (tertiary/aromatic N) is 4. The van der Waals surface area contributed by atoms with E-state index < -0.39 is 30.3 Å². The highest BCUT2D eigenvalue weighted by molar-refractivity contribution is 5.97. The van der Waals surface area contributed by atoms with E-state index in [1.165, 1.54) is 12.7 Å². The van der Waals surface area contributed by atoms with Crippen LogP contribution in [0, 0.1) is 0 Å². The molecule has 13 nitrogen and oxygen atoms in total. The van der Waals surface area contributed by atoms with Gasteiger partial charge in [-0.1, -0.05) is 0 Å². The molecule has 0 bridgehead atoms. The number of amides is 1. The molecule has 0 aliphatic carbocycles. The summed E-state index contributed by atoms with van der Waals surface area (Å²) in [4.78, 5) is 36.5. The Hall–Kier alpha value is -2.71. The van der Waals surface area contributed by atoms with Gasteiger partial charge >= 0.3 is 5.97 Å². The fourth-order valence-electron chi connectivity index (χ4n) is 3.20. The lowest BCUT2D eigenvalue weighted by molar-refractivity contribution is -0.157. The van der Waals surface area contributed by atoms with E-state index in [0.29, 0.717) is 24.3 Å². The van der Waals surface area contributed by atoms with Gasteiger partial charge in [-0.2, -0.15) is 0 Å². The summed E-state index contributed by atoms with van der Waals surface area (Å²) >= 11 is 0. The number of unbranched alkanes of at least 4 members (excludes halogenated alkanes) is 1. The van der Waals surface area contributed by atoms with E-state index in [1.807, 2.05) is 0 Å². The first-order chi connectivity index (χ1) is 15.5. The zero-order valence-corrected chi connectivity index (χ0v) is 17.6. The molecular weight excluding hydrogens is 424 g/mol. The van der Waals surface area contributed by atoms with Gasteiger partial charge < -0.3 is 35.5 Å². The number of nitrogens with one attached hydrogen (secondary N) is 1. The molecule has 3 atom stereocenters. The van der Waals surface area contributed by atoms with Crippen LogP contribution in [0.1, 0.15) is 38.3 Å². The van der Waals surface area contributed by atoms with Crippen LogP contribution in [0.25, 0.3) is 11.2 Å². The minimum atomic E-state index is -0.806. The van der Waals surface area contributed by atoms with Gasteiger partial charge in [0.2, 0.25) is 5.91 Å². The zero-order valence-electron chi connectivity index (χ0n) is 17.6. The Morgan fingerprint density at radius 2 is 2.12 bits per heavy atom. The minimum absolute atomic E-state index is 0.103. The van der Waals surface area contributed by atoms with Crippen LogP contribution in [0.4, 0.5) is 5.82 Å². The second-order valence-electron chi connectivity index (χ2n) is 7.25. The van der Waals surface area contributed by atoms with Crippen molar-refractivity contribution >= 4 is 28.9 Å². The van der Waals surface area contributed by atoms with Crippen molar-refractivity contribution in [3.05, 3.63) is 12.7 Å². The van der Waals surface area contributed by atoms with Crippen LogP contribution in [-0.4, -0.2) is 80.4 Å². The van der Waals surface area contributed by atoms with Gasteiger partial charge in [0.05, 0.1) is 32.1 Å². The maximum atomic E-state index is 12.3. The number of rotatable bonds is 12. The molecular formula is C19H28N6O7. The molecule has 1 saturated heterocycles. The minimum Gasteiger partial charge on any atom is -0.438 e. The average Bonchev–Trinajstić information content (AvgIpc) is 3.38. The van der Waals surface area contributed by atoms with Crippen LogP contribution in [-0.2, 0) is 23.8 Å². The molecule has 1 amide bonds. The first-order valence-corrected chi connectivity index (χ1v) is 10.4. The Balaban J connectivity index is 1.50. The molecule has 2 aromatic heterocycles. The standard InChI is InChI=1S/C19H28N6O7/c20-5-1-2-6-30-11-31-16(29)4-3-14(28)24-18-17-19(22-9-21-18)25(10-23-17)15-7-12(27)13(8-26)32-15/h9-10,12-13,15,26-27H,1-8,11,20H2,(H,21,22,24,28)/t12?,13-,15-/m1/s1. The van der Waals surface area contributed by atoms with Gasteiger partial charge in [0.25, 0.3) is 0 Å². The summed E-state index contributed by atoms with van der Waals surface area (Å²) in [5.74, 6) is -0.799. The first kappa shape index (κ1) is 23.9. The number of aliphatic hydroxyl groups excluding tert-OH is 2. The topological polar surface area (TPSA) is 184 Å². The lowest BCUT2D eigenvalue weighted by Crippen LogP contribution is -2.24. The van der Waals surface area contributed by atoms with E-state index in [1.54, 1.807) is 4.57 Å². The van der Waals surface area contributed by atoms with Crippen molar-refractivity contribution in [2.75, 3.05) is 31.9 Å². The van der Waals surface area contributed by atoms with Crippen LogP contribution in [0.2, 0.25) is 0 Å². The third-order valence-corrected chi connectivity index (χ3v) is 4.91. The SMILES string of the molecule is NCCCCOCOC(=O)CCC(=O)Nc1ncnc2c1ncn2[C@H]1CC(O)[C@@H](CO)O1. The molecule has 176 valence electrons. The number of anilines is 1. The predicted octanol–water partition coefficient (Wildman–Crippen LogP) is -0.558. The van der Waals surface area contributed by atoms with Crippen LogP contribution >= 0.6 is 0 Å². The molecule has 3 heterocycles. The second-order valence-corrected chi connectivity index (χ2v) is 7.25. The fraction of sp³-hybridized carbons (Fsp3) is 0.632. The van der Waals surface area contributed by atoms with Crippen molar-refractivity contribution in [2.45, 2.75) is 50.5 Å². The number of carbonyl (C=O) groups is 2. The summed E-state index contributed by atoms with van der Waals surface area (Å²) in [6, 6.07) is 0. The third-order valence-electron chi connectivity index (χ3n) is 4.91. The molecule has 13 heteroatoms. The van der Waals surface area contributed by atoms with E-state index in [4.69, 9.17) is 19.9 Å². The average molecular weight is 452 g/mol. The highest BCUT2D eigenvalue weighted by Gasteiger charge is 2.35. The smallest absolute Gasteiger partial charge is 0.308 e. The molecule has 1 aliphatic rings. The summed E-state index contributed by atoms with van der Waals surface area (Å²) in [5, 5.41) is 21.8. The highest BCUT2D eigenvalue weighted by atomic mass is 16.7. The molecule has 2 aromatic rings. The van der Waals surface area contributed by atoms with Gasteiger partial charge in [-0.3, -0.25) is 14.2 Å². The zero-order chi connectivity index (χ0) is 22.9. The molecule has 0 radical (unpaired) electrons. The largest absolute Gasteiger partial charge is 0.438 e. The molecule has 5 N–H and O–H groups in total. The summed E-state index contributed by atoms with van der Waals surface area (Å²) in [6.45, 7) is 0.569. The Morgan fingerprint density at radius 1 is 1.28 bits per heavy atom. The molecule has 0 aromatic carbocycles. The number of nitrogens with two attached hydrogens (primary N) is 1. The van der Waals surface area contributed by atoms with Crippen molar-refractivity contribution < 1.29 is 34.0 Å². The summed E-state index contributed by atoms with van der Waals surface area (Å²) < 4.78 is 17.3. The van der Waals surface area contributed by atoms with Crippen LogP contribution in [0.5, 0.6) is 0 Å². The number of aliphatic hydroxyl groups is 2. The van der Waals surface area contributed by atoms with Crippen molar-refractivity contribution in [1.82, 2.24) is 19.5 Å². The Kier molecular flexibility index (Phi) is 8.81. The van der Waals surface area contributed by atoms with E-state index in [-0.39, 0.29) is 38.5 Å². The maximum Gasteiger partial charge on any atom is 0.308 e. The Bertz CT molecular complexity index is 907. The van der Waals surface area contributed by atoms with Gasteiger partial charge in [0, 0.05) is 12.8 Å². The summed E-state index contributed by atoms with van der Waals surface area (Å²) in [5.41, 5.74) is 6.11. The lowest BCUT2D eigenvalue weighted by atomic mass is 10.2. The number of fused-ring (bicyclic) bond motifs is 1. The molecule has 3 rings (SSSR count). The normalized spacial score (nSPS) is 20.5. The summed E-state index contributed by atoms with van der Waals surface area (Å²) in [7, 11) is 0. The van der Waals surface area contributed by atoms with Gasteiger partial charge in [0.1, 0.15) is 18.7 Å². The first-order valence-electron chi connectivity index (χ1n) is 10.4. The number of hydrogen-bond donors (Lipinski definition) is 4. The van der Waals surface area contributed by atoms with Crippen LogP contribution in [0.3, 0.4) is 0 Å². The fourth-order valence-corrected chi connectivity index (χ4v) is 3.20. The van der Waals surface area contributed by atoms with E-state index in [9.17, 15) is 19.8 Å². The van der Waals surface area contributed by atoms with Gasteiger partial charge in [-0.25, -0.2) is 15.0 Å². The number of hydrogen-bond acceptors (Lipinski definition) is 11. The van der Waals surface area contributed by atoms with E-state index in [0.717, 1.165) is 12.8 Å². The molecule has 0 saturated carbocycles. The predicted molar refractivity (Wildman–Crippen MR) is 110 cm³/mol. The van der Waals surface area contributed by atoms with Crippen molar-refractivity contribution in [2.24, 2.45) is 5.73 Å². The number of carbonyl (C=O) groups excluding carboxylic acids is 2. The van der Waals surface area contributed by atoms with E-state index in [2.05, 4.69) is 20.3 Å².